The van der Waals surface area contributed by atoms with Crippen LogP contribution in [0.5, 0.6) is 0 Å². The fraction of sp³-hybridized carbons (Fsp3) is 0.625. The van der Waals surface area contributed by atoms with Crippen molar-refractivity contribution >= 4 is 23.2 Å². The first kappa shape index (κ1) is 13.7. The van der Waals surface area contributed by atoms with Gasteiger partial charge in [-0.2, -0.15) is 0 Å². The van der Waals surface area contributed by atoms with Crippen molar-refractivity contribution in [1.29, 1.82) is 0 Å². The lowest BCUT2D eigenvalue weighted by Crippen LogP contribution is -2.23. The zero-order valence-electron chi connectivity index (χ0n) is 11.3. The van der Waals surface area contributed by atoms with Gasteiger partial charge >= 0.3 is 0 Å². The molecule has 2 saturated carbocycles. The SMILES string of the molecule is CNC(CC1CC2CCC1C2)c1cc(Cl)ccc1Cl. The lowest BCUT2D eigenvalue weighted by molar-refractivity contribution is 0.284. The molecule has 104 valence electrons. The van der Waals surface area contributed by atoms with E-state index in [1.807, 2.05) is 25.2 Å². The predicted octanol–water partition coefficient (Wildman–Crippen LogP) is 5.08. The van der Waals surface area contributed by atoms with Gasteiger partial charge in [-0.05, 0) is 74.2 Å². The van der Waals surface area contributed by atoms with E-state index in [-0.39, 0.29) is 0 Å². The van der Waals surface area contributed by atoms with E-state index in [4.69, 9.17) is 23.2 Å². The summed E-state index contributed by atoms with van der Waals surface area (Å²) in [7, 11) is 2.02. The minimum absolute atomic E-state index is 0.329. The highest BCUT2D eigenvalue weighted by Crippen LogP contribution is 2.51. The van der Waals surface area contributed by atoms with Gasteiger partial charge in [0.05, 0.1) is 0 Å². The van der Waals surface area contributed by atoms with E-state index in [0.717, 1.165) is 33.4 Å². The van der Waals surface area contributed by atoms with Crippen LogP contribution in [0.3, 0.4) is 0 Å². The van der Waals surface area contributed by atoms with Crippen molar-refractivity contribution < 1.29 is 0 Å². The van der Waals surface area contributed by atoms with Crippen LogP contribution in [0.4, 0.5) is 0 Å². The summed E-state index contributed by atoms with van der Waals surface area (Å²) in [5, 5.41) is 5.03. The van der Waals surface area contributed by atoms with Crippen LogP contribution in [0.1, 0.15) is 43.7 Å². The summed E-state index contributed by atoms with van der Waals surface area (Å²) in [5.74, 6) is 2.83. The largest absolute Gasteiger partial charge is 0.313 e. The molecule has 19 heavy (non-hydrogen) atoms. The van der Waals surface area contributed by atoms with Crippen molar-refractivity contribution in [3.8, 4) is 0 Å². The average molecular weight is 298 g/mol. The predicted molar refractivity (Wildman–Crippen MR) is 81.8 cm³/mol. The molecule has 0 heterocycles. The molecule has 3 rings (SSSR count). The number of hydrogen-bond acceptors (Lipinski definition) is 1. The van der Waals surface area contributed by atoms with E-state index < -0.39 is 0 Å². The maximum absolute atomic E-state index is 6.34. The second-order valence-electron chi connectivity index (χ2n) is 6.18. The smallest absolute Gasteiger partial charge is 0.0454 e. The van der Waals surface area contributed by atoms with Crippen molar-refractivity contribution in [2.75, 3.05) is 7.05 Å². The third kappa shape index (κ3) is 2.79. The second kappa shape index (κ2) is 5.63. The Kier molecular flexibility index (Phi) is 4.07. The quantitative estimate of drug-likeness (QED) is 0.817. The maximum Gasteiger partial charge on any atom is 0.0454 e. The molecule has 4 atom stereocenters. The van der Waals surface area contributed by atoms with Gasteiger partial charge in [-0.15, -0.1) is 0 Å². The normalized spacial score (nSPS) is 30.8. The summed E-state index contributed by atoms with van der Waals surface area (Å²) >= 11 is 12.4. The van der Waals surface area contributed by atoms with Crippen molar-refractivity contribution in [3.05, 3.63) is 33.8 Å². The minimum atomic E-state index is 0.329. The number of halogens is 2. The van der Waals surface area contributed by atoms with Crippen LogP contribution in [-0.4, -0.2) is 7.05 Å². The molecule has 2 bridgehead atoms. The number of fused-ring (bicyclic) bond motifs is 2. The lowest BCUT2D eigenvalue weighted by atomic mass is 9.83. The summed E-state index contributed by atoms with van der Waals surface area (Å²) in [6, 6.07) is 6.11. The van der Waals surface area contributed by atoms with Crippen LogP contribution in [0, 0.1) is 17.8 Å². The van der Waals surface area contributed by atoms with Gasteiger partial charge in [0, 0.05) is 16.1 Å². The standard InChI is InChI=1S/C16H21Cl2N/c1-19-16(14-9-13(17)4-5-15(14)18)8-12-7-10-2-3-11(12)6-10/h4-5,9-12,16,19H,2-3,6-8H2,1H3. The number of rotatable bonds is 4. The van der Waals surface area contributed by atoms with Crippen LogP contribution in [0.25, 0.3) is 0 Å². The topological polar surface area (TPSA) is 12.0 Å². The van der Waals surface area contributed by atoms with Gasteiger partial charge in [-0.25, -0.2) is 0 Å². The molecule has 2 aliphatic rings. The molecule has 0 aromatic heterocycles. The first-order chi connectivity index (χ1) is 9.17. The highest BCUT2D eigenvalue weighted by atomic mass is 35.5. The van der Waals surface area contributed by atoms with Gasteiger partial charge in [0.15, 0.2) is 0 Å². The van der Waals surface area contributed by atoms with Gasteiger partial charge in [0.25, 0.3) is 0 Å². The Bertz CT molecular complexity index is 460. The molecule has 2 aliphatic carbocycles. The third-order valence-electron chi connectivity index (χ3n) is 5.10. The molecule has 0 saturated heterocycles. The summed E-state index contributed by atoms with van der Waals surface area (Å²) in [5.41, 5.74) is 1.15. The van der Waals surface area contributed by atoms with Crippen LogP contribution < -0.4 is 5.32 Å². The first-order valence-electron chi connectivity index (χ1n) is 7.29. The molecule has 4 unspecified atom stereocenters. The molecule has 1 nitrogen and oxygen atoms in total. The zero-order valence-corrected chi connectivity index (χ0v) is 12.8. The molecule has 0 spiro atoms. The Morgan fingerprint density at radius 1 is 1.26 bits per heavy atom. The number of hydrogen-bond donors (Lipinski definition) is 1. The molecular formula is C16H21Cl2N. The highest BCUT2D eigenvalue weighted by Gasteiger charge is 2.40. The van der Waals surface area contributed by atoms with E-state index >= 15 is 0 Å². The Hall–Kier alpha value is -0.240. The van der Waals surface area contributed by atoms with Gasteiger partial charge < -0.3 is 5.32 Å². The van der Waals surface area contributed by atoms with Gasteiger partial charge in [-0.3, -0.25) is 0 Å². The van der Waals surface area contributed by atoms with E-state index in [2.05, 4.69) is 5.32 Å². The van der Waals surface area contributed by atoms with Crippen LogP contribution in [-0.2, 0) is 0 Å². The van der Waals surface area contributed by atoms with E-state index in [1.165, 1.54) is 32.1 Å². The summed E-state index contributed by atoms with van der Waals surface area (Å²) in [6.45, 7) is 0. The van der Waals surface area contributed by atoms with E-state index in [1.54, 1.807) is 0 Å². The molecule has 2 fully saturated rings. The second-order valence-corrected chi connectivity index (χ2v) is 7.02. The summed E-state index contributed by atoms with van der Waals surface area (Å²) in [6.07, 6.45) is 6.97. The zero-order chi connectivity index (χ0) is 13.4. The summed E-state index contributed by atoms with van der Waals surface area (Å²) < 4.78 is 0. The van der Waals surface area contributed by atoms with E-state index in [0.29, 0.717) is 6.04 Å². The Morgan fingerprint density at radius 3 is 2.74 bits per heavy atom. The molecule has 0 amide bonds. The number of benzene rings is 1. The third-order valence-corrected chi connectivity index (χ3v) is 5.68. The molecule has 0 radical (unpaired) electrons. The molecular weight excluding hydrogens is 277 g/mol. The monoisotopic (exact) mass is 297 g/mol. The first-order valence-corrected chi connectivity index (χ1v) is 8.05. The molecule has 1 aromatic carbocycles. The van der Waals surface area contributed by atoms with Crippen LogP contribution in [0.15, 0.2) is 18.2 Å². The van der Waals surface area contributed by atoms with Crippen LogP contribution >= 0.6 is 23.2 Å². The Balaban J connectivity index is 1.75. The number of nitrogens with one attached hydrogen (secondary N) is 1. The fourth-order valence-electron chi connectivity index (χ4n) is 4.15. The van der Waals surface area contributed by atoms with E-state index in [9.17, 15) is 0 Å². The molecule has 0 aliphatic heterocycles. The molecule has 1 aromatic rings. The Morgan fingerprint density at radius 2 is 2.11 bits per heavy atom. The van der Waals surface area contributed by atoms with Gasteiger partial charge in [0.2, 0.25) is 0 Å². The van der Waals surface area contributed by atoms with Crippen molar-refractivity contribution in [3.63, 3.8) is 0 Å². The van der Waals surface area contributed by atoms with Crippen LogP contribution in [0.2, 0.25) is 10.0 Å². The van der Waals surface area contributed by atoms with Crippen molar-refractivity contribution in [1.82, 2.24) is 5.32 Å². The van der Waals surface area contributed by atoms with Crippen molar-refractivity contribution in [2.24, 2.45) is 17.8 Å². The maximum atomic E-state index is 6.34. The van der Waals surface area contributed by atoms with Gasteiger partial charge in [-0.1, -0.05) is 29.6 Å². The fourth-order valence-corrected chi connectivity index (χ4v) is 4.58. The molecule has 3 heteroatoms. The average Bonchev–Trinajstić information content (AvgIpc) is 3.01. The summed E-state index contributed by atoms with van der Waals surface area (Å²) in [4.78, 5) is 0. The highest BCUT2D eigenvalue weighted by molar-refractivity contribution is 6.33. The minimum Gasteiger partial charge on any atom is -0.313 e. The van der Waals surface area contributed by atoms with Crippen molar-refractivity contribution in [2.45, 2.75) is 38.1 Å². The molecule has 1 N–H and O–H groups in total. The Labute approximate surface area is 125 Å². The van der Waals surface area contributed by atoms with Gasteiger partial charge in [0.1, 0.15) is 0 Å². The lowest BCUT2D eigenvalue weighted by Gasteiger charge is -2.27.